The van der Waals surface area contributed by atoms with E-state index in [0.29, 0.717) is 11.5 Å². The SMILES string of the molecule is CC(C)(C)c1cc(C2(c3ccc(O)c(C(C)(C)C)c3)c3ccccc3-c3ccccc32)ccc1O. The van der Waals surface area contributed by atoms with E-state index < -0.39 is 5.41 Å². The molecule has 0 saturated heterocycles. The Morgan fingerprint density at radius 2 is 0.886 bits per heavy atom. The lowest BCUT2D eigenvalue weighted by molar-refractivity contribution is 0.445. The average Bonchev–Trinajstić information content (AvgIpc) is 3.10. The molecule has 0 aromatic heterocycles. The van der Waals surface area contributed by atoms with Gasteiger partial charge in [0, 0.05) is 0 Å². The van der Waals surface area contributed by atoms with Crippen molar-refractivity contribution in [1.82, 2.24) is 0 Å². The molecule has 0 spiro atoms. The van der Waals surface area contributed by atoms with Gasteiger partial charge in [0.25, 0.3) is 0 Å². The normalized spacial score (nSPS) is 14.5. The summed E-state index contributed by atoms with van der Waals surface area (Å²) in [6.45, 7) is 12.8. The van der Waals surface area contributed by atoms with Gasteiger partial charge >= 0.3 is 0 Å². The largest absolute Gasteiger partial charge is 0.508 e. The summed E-state index contributed by atoms with van der Waals surface area (Å²) in [4.78, 5) is 0. The first-order valence-corrected chi connectivity index (χ1v) is 12.3. The number of phenols is 2. The van der Waals surface area contributed by atoms with Crippen molar-refractivity contribution in [3.8, 4) is 22.6 Å². The maximum atomic E-state index is 10.8. The van der Waals surface area contributed by atoms with E-state index in [1.54, 1.807) is 0 Å². The van der Waals surface area contributed by atoms with Crippen molar-refractivity contribution in [3.63, 3.8) is 0 Å². The topological polar surface area (TPSA) is 40.5 Å². The summed E-state index contributed by atoms with van der Waals surface area (Å²) in [7, 11) is 0. The highest BCUT2D eigenvalue weighted by molar-refractivity contribution is 5.86. The van der Waals surface area contributed by atoms with E-state index in [2.05, 4.69) is 114 Å². The van der Waals surface area contributed by atoms with Crippen LogP contribution in [0.5, 0.6) is 11.5 Å². The molecular weight excluding hydrogens is 428 g/mol. The number of fused-ring (bicyclic) bond motifs is 3. The zero-order valence-electron chi connectivity index (χ0n) is 21.5. The smallest absolute Gasteiger partial charge is 0.119 e. The van der Waals surface area contributed by atoms with Crippen molar-refractivity contribution in [2.24, 2.45) is 0 Å². The summed E-state index contributed by atoms with van der Waals surface area (Å²) in [5.41, 5.74) is 7.94. The maximum Gasteiger partial charge on any atom is 0.119 e. The molecule has 178 valence electrons. The summed E-state index contributed by atoms with van der Waals surface area (Å²) >= 11 is 0. The third kappa shape index (κ3) is 3.46. The fourth-order valence-electron chi connectivity index (χ4n) is 5.76. The minimum atomic E-state index is -0.575. The van der Waals surface area contributed by atoms with Gasteiger partial charge in [0.1, 0.15) is 11.5 Å². The second-order valence-corrected chi connectivity index (χ2v) is 11.8. The predicted octanol–water partition coefficient (Wildman–Crippen LogP) is 8.06. The van der Waals surface area contributed by atoms with Crippen LogP contribution in [-0.2, 0) is 16.2 Å². The van der Waals surface area contributed by atoms with Crippen molar-refractivity contribution in [1.29, 1.82) is 0 Å². The molecule has 0 fully saturated rings. The molecule has 5 rings (SSSR count). The van der Waals surface area contributed by atoms with Crippen LogP contribution < -0.4 is 0 Å². The average molecular weight is 463 g/mol. The second kappa shape index (κ2) is 7.75. The van der Waals surface area contributed by atoms with Gasteiger partial charge in [-0.05, 0) is 67.5 Å². The lowest BCUT2D eigenvalue weighted by Crippen LogP contribution is -2.30. The summed E-state index contributed by atoms with van der Waals surface area (Å²) in [6.07, 6.45) is 0. The number of rotatable bonds is 2. The van der Waals surface area contributed by atoms with Gasteiger partial charge in [-0.25, -0.2) is 0 Å². The Morgan fingerprint density at radius 3 is 1.26 bits per heavy atom. The molecule has 1 aliphatic carbocycles. The molecule has 0 radical (unpaired) electrons. The fourth-order valence-corrected chi connectivity index (χ4v) is 5.76. The predicted molar refractivity (Wildman–Crippen MR) is 144 cm³/mol. The van der Waals surface area contributed by atoms with Gasteiger partial charge in [-0.2, -0.15) is 0 Å². The number of hydrogen-bond acceptors (Lipinski definition) is 2. The van der Waals surface area contributed by atoms with Crippen LogP contribution in [0.3, 0.4) is 0 Å². The van der Waals surface area contributed by atoms with Gasteiger partial charge in [0.15, 0.2) is 0 Å². The molecule has 0 saturated carbocycles. The zero-order chi connectivity index (χ0) is 25.2. The van der Waals surface area contributed by atoms with E-state index >= 15 is 0 Å². The van der Waals surface area contributed by atoms with Gasteiger partial charge in [-0.1, -0.05) is 114 Å². The molecule has 2 N–H and O–H groups in total. The number of aromatic hydroxyl groups is 2. The van der Waals surface area contributed by atoms with Crippen LogP contribution >= 0.6 is 0 Å². The summed E-state index contributed by atoms with van der Waals surface area (Å²) in [5.74, 6) is 0.633. The highest BCUT2D eigenvalue weighted by Gasteiger charge is 2.46. The van der Waals surface area contributed by atoms with E-state index in [0.717, 1.165) is 22.3 Å². The lowest BCUT2D eigenvalue weighted by atomic mass is 9.66. The highest BCUT2D eigenvalue weighted by atomic mass is 16.3. The Bertz CT molecular complexity index is 1320. The molecule has 4 aromatic carbocycles. The van der Waals surface area contributed by atoms with Crippen LogP contribution in [0.2, 0.25) is 0 Å². The Kier molecular flexibility index (Phi) is 5.14. The molecule has 0 bridgehead atoms. The summed E-state index contributed by atoms with van der Waals surface area (Å²) in [5, 5.41) is 21.6. The lowest BCUT2D eigenvalue weighted by Gasteiger charge is -2.36. The number of phenolic OH excluding ortho intramolecular Hbond substituents is 2. The minimum absolute atomic E-state index is 0.218. The van der Waals surface area contributed by atoms with E-state index in [1.165, 1.54) is 22.3 Å². The first kappa shape index (κ1) is 23.2. The van der Waals surface area contributed by atoms with Crippen molar-refractivity contribution < 1.29 is 10.2 Å². The second-order valence-electron chi connectivity index (χ2n) is 11.8. The van der Waals surface area contributed by atoms with Crippen molar-refractivity contribution in [2.45, 2.75) is 57.8 Å². The molecule has 0 unspecified atom stereocenters. The van der Waals surface area contributed by atoms with E-state index in [1.807, 2.05) is 12.1 Å². The third-order valence-corrected chi connectivity index (χ3v) is 7.43. The Hall–Kier alpha value is -3.52. The van der Waals surface area contributed by atoms with E-state index in [9.17, 15) is 10.2 Å². The molecule has 1 aliphatic rings. The van der Waals surface area contributed by atoms with Crippen molar-refractivity contribution in [3.05, 3.63) is 118 Å². The van der Waals surface area contributed by atoms with Crippen LogP contribution in [0.25, 0.3) is 11.1 Å². The maximum absolute atomic E-state index is 10.8. The Labute approximate surface area is 208 Å². The highest BCUT2D eigenvalue weighted by Crippen LogP contribution is 2.57. The van der Waals surface area contributed by atoms with Gasteiger partial charge in [-0.3, -0.25) is 0 Å². The number of hydrogen-bond donors (Lipinski definition) is 2. The molecule has 0 aliphatic heterocycles. The Balaban J connectivity index is 1.96. The van der Waals surface area contributed by atoms with Gasteiger partial charge in [0.05, 0.1) is 5.41 Å². The first-order valence-electron chi connectivity index (χ1n) is 12.3. The van der Waals surface area contributed by atoms with E-state index in [4.69, 9.17) is 0 Å². The van der Waals surface area contributed by atoms with Crippen LogP contribution in [-0.4, -0.2) is 10.2 Å². The van der Waals surface area contributed by atoms with Crippen LogP contribution in [0.1, 0.15) is 74.9 Å². The molecule has 0 atom stereocenters. The Morgan fingerprint density at radius 1 is 0.514 bits per heavy atom. The zero-order valence-corrected chi connectivity index (χ0v) is 21.5. The van der Waals surface area contributed by atoms with E-state index in [-0.39, 0.29) is 10.8 Å². The monoisotopic (exact) mass is 462 g/mol. The number of benzene rings is 4. The van der Waals surface area contributed by atoms with Crippen molar-refractivity contribution >= 4 is 0 Å². The molecule has 2 nitrogen and oxygen atoms in total. The van der Waals surface area contributed by atoms with Crippen LogP contribution in [0.15, 0.2) is 84.9 Å². The minimum Gasteiger partial charge on any atom is -0.508 e. The fraction of sp³-hybridized carbons (Fsp3) is 0.273. The molecule has 35 heavy (non-hydrogen) atoms. The molecule has 0 heterocycles. The quantitative estimate of drug-likeness (QED) is 0.278. The van der Waals surface area contributed by atoms with Gasteiger partial charge in [-0.15, -0.1) is 0 Å². The van der Waals surface area contributed by atoms with Crippen LogP contribution in [0, 0.1) is 0 Å². The van der Waals surface area contributed by atoms with Crippen LogP contribution in [0.4, 0.5) is 0 Å². The molecule has 2 heteroatoms. The standard InChI is InChI=1S/C33H34O2/c1-31(2,3)27-19-21(15-17-29(27)34)33(22-16-18-30(35)28(20-22)32(4,5)6)25-13-9-7-11-23(25)24-12-8-10-14-26(24)33/h7-20,34-35H,1-6H3. The summed E-state index contributed by atoms with van der Waals surface area (Å²) < 4.78 is 0. The molecule has 4 aromatic rings. The van der Waals surface area contributed by atoms with Gasteiger partial charge in [0.2, 0.25) is 0 Å². The van der Waals surface area contributed by atoms with Gasteiger partial charge < -0.3 is 10.2 Å². The molecular formula is C33H34O2. The third-order valence-electron chi connectivity index (χ3n) is 7.43. The van der Waals surface area contributed by atoms with Crippen molar-refractivity contribution in [2.75, 3.05) is 0 Å². The first-order chi connectivity index (χ1) is 16.5. The molecule has 0 amide bonds. The summed E-state index contributed by atoms with van der Waals surface area (Å²) in [6, 6.07) is 29.4.